The molecule has 0 radical (unpaired) electrons. The Morgan fingerprint density at radius 3 is 2.38 bits per heavy atom. The van der Waals surface area contributed by atoms with E-state index in [9.17, 15) is 18.4 Å². The van der Waals surface area contributed by atoms with Crippen molar-refractivity contribution in [3.63, 3.8) is 0 Å². The van der Waals surface area contributed by atoms with E-state index in [-0.39, 0.29) is 35.7 Å². The molecule has 0 aliphatic carbocycles. The van der Waals surface area contributed by atoms with Gasteiger partial charge in [0.05, 0.1) is 0 Å². The average Bonchev–Trinajstić information content (AvgIpc) is 3.32. The van der Waals surface area contributed by atoms with Crippen molar-refractivity contribution in [3.05, 3.63) is 106 Å². The number of carbonyl (C=O) groups excluding carboxylic acids is 2. The minimum Gasteiger partial charge on any atom is -0.486 e. The molecule has 4 rings (SSSR count). The number of hydrogen-bond acceptors (Lipinski definition) is 6. The fourth-order valence-electron chi connectivity index (χ4n) is 2.90. The monoisotopic (exact) mass is 480 g/mol. The van der Waals surface area contributed by atoms with Crippen LogP contribution >= 0.6 is 11.3 Å². The third-order valence-electron chi connectivity index (χ3n) is 4.58. The van der Waals surface area contributed by atoms with Gasteiger partial charge in [0.25, 0.3) is 11.8 Å². The van der Waals surface area contributed by atoms with E-state index in [0.29, 0.717) is 27.6 Å². The van der Waals surface area contributed by atoms with Crippen molar-refractivity contribution in [3.8, 4) is 5.75 Å². The molecule has 172 valence electrons. The van der Waals surface area contributed by atoms with Gasteiger partial charge in [0.2, 0.25) is 5.01 Å². The Hall–Kier alpha value is -4.18. The molecule has 0 fully saturated rings. The number of ether oxygens (including phenoxy) is 1. The minimum absolute atomic E-state index is 0.0933. The summed E-state index contributed by atoms with van der Waals surface area (Å²) in [5.41, 5.74) is 1.52. The summed E-state index contributed by atoms with van der Waals surface area (Å²) in [7, 11) is 0. The van der Waals surface area contributed by atoms with Crippen LogP contribution in [0.3, 0.4) is 0 Å². The van der Waals surface area contributed by atoms with E-state index in [1.165, 1.54) is 36.4 Å². The van der Waals surface area contributed by atoms with Crippen molar-refractivity contribution in [2.24, 2.45) is 0 Å². The highest BCUT2D eigenvalue weighted by molar-refractivity contribution is 7.13. The first-order valence-electron chi connectivity index (χ1n) is 10.1. The largest absolute Gasteiger partial charge is 0.486 e. The molecule has 1 aromatic heterocycles. The zero-order chi connectivity index (χ0) is 23.9. The van der Waals surface area contributed by atoms with Crippen LogP contribution < -0.4 is 15.4 Å². The van der Waals surface area contributed by atoms with Gasteiger partial charge < -0.3 is 15.4 Å². The molecule has 0 aliphatic rings. The predicted octanol–water partition coefficient (Wildman–Crippen LogP) is 4.58. The van der Waals surface area contributed by atoms with Crippen LogP contribution in [0.4, 0.5) is 14.5 Å². The molecule has 0 spiro atoms. The Bertz CT molecular complexity index is 1290. The highest BCUT2D eigenvalue weighted by Gasteiger charge is 2.14. The maximum atomic E-state index is 13.2. The molecule has 7 nitrogen and oxygen atoms in total. The number of nitrogens with zero attached hydrogens (tertiary/aromatic N) is 2. The van der Waals surface area contributed by atoms with Crippen molar-refractivity contribution in [2.45, 2.75) is 13.2 Å². The first-order chi connectivity index (χ1) is 16.5. The average molecular weight is 480 g/mol. The summed E-state index contributed by atoms with van der Waals surface area (Å²) >= 11 is 1.07. The number of halogens is 2. The maximum Gasteiger partial charge on any atom is 0.286 e. The molecular weight excluding hydrogens is 462 g/mol. The molecule has 1 heterocycles. The quantitative estimate of drug-likeness (QED) is 0.385. The summed E-state index contributed by atoms with van der Waals surface area (Å²) in [6.07, 6.45) is 0. The van der Waals surface area contributed by atoms with Crippen LogP contribution in [-0.2, 0) is 13.2 Å². The van der Waals surface area contributed by atoms with Crippen LogP contribution in [0.25, 0.3) is 0 Å². The number of rotatable bonds is 8. The van der Waals surface area contributed by atoms with Gasteiger partial charge in [-0.2, -0.15) is 0 Å². The second kappa shape index (κ2) is 10.6. The van der Waals surface area contributed by atoms with Crippen molar-refractivity contribution in [1.82, 2.24) is 15.5 Å². The van der Waals surface area contributed by atoms with Crippen LogP contribution in [-0.4, -0.2) is 22.0 Å². The number of aromatic nitrogens is 2. The third kappa shape index (κ3) is 6.20. The summed E-state index contributed by atoms with van der Waals surface area (Å²) in [5.74, 6) is -1.02. The van der Waals surface area contributed by atoms with Crippen LogP contribution in [0.5, 0.6) is 5.75 Å². The zero-order valence-corrected chi connectivity index (χ0v) is 18.4. The fraction of sp³-hybridized carbons (Fsp3) is 0.0833. The van der Waals surface area contributed by atoms with Crippen LogP contribution in [0.15, 0.2) is 72.8 Å². The Morgan fingerprint density at radius 2 is 1.65 bits per heavy atom. The molecule has 0 aliphatic heterocycles. The third-order valence-corrected chi connectivity index (χ3v) is 5.48. The maximum absolute atomic E-state index is 13.2. The summed E-state index contributed by atoms with van der Waals surface area (Å²) in [6.45, 7) is 0.287. The highest BCUT2D eigenvalue weighted by atomic mass is 32.1. The topological polar surface area (TPSA) is 93.2 Å². The summed E-state index contributed by atoms with van der Waals surface area (Å²) in [6, 6.07) is 17.9. The zero-order valence-electron chi connectivity index (χ0n) is 17.6. The van der Waals surface area contributed by atoms with Gasteiger partial charge in [0.1, 0.15) is 24.0 Å². The van der Waals surface area contributed by atoms with E-state index in [1.807, 2.05) is 0 Å². The van der Waals surface area contributed by atoms with Gasteiger partial charge in [-0.05, 0) is 66.2 Å². The summed E-state index contributed by atoms with van der Waals surface area (Å²) < 4.78 is 31.7. The smallest absolute Gasteiger partial charge is 0.286 e. The Kier molecular flexibility index (Phi) is 7.19. The van der Waals surface area contributed by atoms with Crippen molar-refractivity contribution >= 4 is 28.8 Å². The normalized spacial score (nSPS) is 10.5. The van der Waals surface area contributed by atoms with Gasteiger partial charge in [-0.1, -0.05) is 23.5 Å². The van der Waals surface area contributed by atoms with Crippen molar-refractivity contribution in [1.29, 1.82) is 0 Å². The highest BCUT2D eigenvalue weighted by Crippen LogP contribution is 2.17. The fourth-order valence-corrected chi connectivity index (χ4v) is 3.55. The van der Waals surface area contributed by atoms with Gasteiger partial charge >= 0.3 is 0 Å². The predicted molar refractivity (Wildman–Crippen MR) is 123 cm³/mol. The Balaban J connectivity index is 1.28. The Labute approximate surface area is 197 Å². The van der Waals surface area contributed by atoms with Crippen molar-refractivity contribution < 1.29 is 23.1 Å². The van der Waals surface area contributed by atoms with E-state index in [0.717, 1.165) is 11.3 Å². The number of anilines is 1. The van der Waals surface area contributed by atoms with Gasteiger partial charge in [0, 0.05) is 17.8 Å². The Morgan fingerprint density at radius 1 is 0.882 bits per heavy atom. The number of nitrogens with one attached hydrogen (secondary N) is 2. The van der Waals surface area contributed by atoms with E-state index in [2.05, 4.69) is 20.8 Å². The van der Waals surface area contributed by atoms with Crippen molar-refractivity contribution in [2.75, 3.05) is 5.32 Å². The summed E-state index contributed by atoms with van der Waals surface area (Å²) in [4.78, 5) is 24.8. The first kappa shape index (κ1) is 23.0. The molecule has 0 unspecified atom stereocenters. The standard InChI is InChI=1S/C24H18F2N4O3S/c25-17-6-10-20(11-7-17)33-14-21-29-30-24(34-21)23(32)28-19-8-4-16(5-9-19)22(31)27-13-15-2-1-3-18(26)12-15/h1-12H,13-14H2,(H,27,31)(H,28,32). The van der Waals surface area contributed by atoms with Gasteiger partial charge in [0.15, 0.2) is 5.01 Å². The molecule has 2 amide bonds. The number of amides is 2. The van der Waals surface area contributed by atoms with Crippen LogP contribution in [0.2, 0.25) is 0 Å². The lowest BCUT2D eigenvalue weighted by Gasteiger charge is -2.07. The molecule has 0 bridgehead atoms. The molecule has 10 heteroatoms. The molecule has 0 atom stereocenters. The molecule has 34 heavy (non-hydrogen) atoms. The lowest BCUT2D eigenvalue weighted by atomic mass is 10.1. The van der Waals surface area contributed by atoms with Crippen LogP contribution in [0, 0.1) is 11.6 Å². The lowest BCUT2D eigenvalue weighted by molar-refractivity contribution is 0.0950. The molecule has 0 saturated carbocycles. The molecule has 3 aromatic carbocycles. The van der Waals surface area contributed by atoms with Gasteiger partial charge in [-0.3, -0.25) is 9.59 Å². The van der Waals surface area contributed by atoms with E-state index < -0.39 is 5.91 Å². The summed E-state index contributed by atoms with van der Waals surface area (Å²) in [5, 5.41) is 13.8. The second-order valence-corrected chi connectivity index (χ2v) is 8.15. The second-order valence-electron chi connectivity index (χ2n) is 7.09. The number of benzene rings is 3. The number of hydrogen-bond donors (Lipinski definition) is 2. The van der Waals surface area contributed by atoms with E-state index in [1.54, 1.807) is 36.4 Å². The molecule has 2 N–H and O–H groups in total. The lowest BCUT2D eigenvalue weighted by Crippen LogP contribution is -2.22. The minimum atomic E-state index is -0.450. The molecular formula is C24H18F2N4O3S. The van der Waals surface area contributed by atoms with Gasteiger partial charge in [-0.15, -0.1) is 10.2 Å². The van der Waals surface area contributed by atoms with E-state index in [4.69, 9.17) is 4.74 Å². The van der Waals surface area contributed by atoms with E-state index >= 15 is 0 Å². The SMILES string of the molecule is O=C(NCc1cccc(F)c1)c1ccc(NC(=O)c2nnc(COc3ccc(F)cc3)s2)cc1. The molecule has 0 saturated heterocycles. The van der Waals surface area contributed by atoms with Gasteiger partial charge in [-0.25, -0.2) is 8.78 Å². The molecule has 4 aromatic rings. The number of carbonyl (C=O) groups is 2. The first-order valence-corrected chi connectivity index (χ1v) is 10.9. The van der Waals surface area contributed by atoms with Crippen LogP contribution in [0.1, 0.15) is 30.7 Å².